The summed E-state index contributed by atoms with van der Waals surface area (Å²) < 4.78 is 46.0. The van der Waals surface area contributed by atoms with E-state index in [1.54, 1.807) is 52.2 Å². The fraction of sp³-hybridized carbons (Fsp3) is 0.408. The molecule has 14 nitrogen and oxygen atoms in total. The third kappa shape index (κ3) is 7.09. The molecule has 16 heteroatoms. The van der Waals surface area contributed by atoms with E-state index in [2.05, 4.69) is 35.3 Å². The minimum atomic E-state index is -2.32. The van der Waals surface area contributed by atoms with Crippen LogP contribution in [0.2, 0.25) is 0 Å². The highest BCUT2D eigenvalue weighted by molar-refractivity contribution is 7.63. The summed E-state index contributed by atoms with van der Waals surface area (Å²) >= 11 is 0. The highest BCUT2D eigenvalue weighted by atomic mass is 31.2. The van der Waals surface area contributed by atoms with E-state index >= 15 is 9.18 Å². The molecule has 4 aromatic heterocycles. The van der Waals surface area contributed by atoms with Gasteiger partial charge in [-0.3, -0.25) is 23.4 Å². The van der Waals surface area contributed by atoms with E-state index in [1.165, 1.54) is 5.56 Å². The van der Waals surface area contributed by atoms with Crippen LogP contribution in [0.3, 0.4) is 0 Å². The van der Waals surface area contributed by atoms with Gasteiger partial charge in [0, 0.05) is 61.2 Å². The van der Waals surface area contributed by atoms with Crippen molar-refractivity contribution in [1.29, 1.82) is 0 Å². The number of aromatic amines is 1. The number of fused-ring (bicyclic) bond motifs is 2. The van der Waals surface area contributed by atoms with Gasteiger partial charge in [0.05, 0.1) is 30.3 Å². The molecule has 6 heterocycles. The van der Waals surface area contributed by atoms with Crippen molar-refractivity contribution < 1.29 is 23.0 Å². The first kappa shape index (κ1) is 42.9. The lowest BCUT2D eigenvalue weighted by molar-refractivity contribution is 0.0663. The zero-order valence-electron chi connectivity index (χ0n) is 37.6. The Morgan fingerprint density at radius 1 is 0.938 bits per heavy atom. The molecule has 1 saturated carbocycles. The summed E-state index contributed by atoms with van der Waals surface area (Å²) in [7, 11) is -2.32. The zero-order chi connectivity index (χ0) is 45.5. The Morgan fingerprint density at radius 2 is 1.63 bits per heavy atom. The number of nitrogens with zero attached hydrogens (tertiary/aromatic N) is 7. The minimum absolute atomic E-state index is 0.0277. The average Bonchev–Trinajstić information content (AvgIpc) is 3.81. The zero-order valence-corrected chi connectivity index (χ0v) is 38.5. The summed E-state index contributed by atoms with van der Waals surface area (Å²) in [5, 5.41) is 10.2. The predicted octanol–water partition coefficient (Wildman–Crippen LogP) is 8.54. The number of nitrogens with one attached hydrogen (secondary N) is 1. The first-order valence-corrected chi connectivity index (χ1v) is 25.0. The van der Waals surface area contributed by atoms with Crippen LogP contribution in [0.5, 0.6) is 0 Å². The maximum Gasteiger partial charge on any atom is 0.438 e. The molecule has 0 radical (unpaired) electrons. The molecule has 2 fully saturated rings. The van der Waals surface area contributed by atoms with E-state index in [1.807, 2.05) is 60.6 Å². The molecular weight excluding hydrogens is 847 g/mol. The first-order chi connectivity index (χ1) is 31.2. The molecule has 2 aliphatic heterocycles. The molecule has 0 bridgehead atoms. The fourth-order valence-corrected chi connectivity index (χ4v) is 12.3. The van der Waals surface area contributed by atoms with Crippen LogP contribution in [0.25, 0.3) is 28.1 Å². The lowest BCUT2D eigenvalue weighted by Crippen LogP contribution is -2.41. The Labute approximate surface area is 375 Å². The number of carbonyl (C=O) groups is 1. The van der Waals surface area contributed by atoms with Crippen LogP contribution < -0.4 is 11.4 Å². The number of aryl methyl sites for hydroxylation is 2. The smallest absolute Gasteiger partial charge is 0.381 e. The normalized spacial score (nSPS) is 20.1. The monoisotopic (exact) mass is 900 g/mol. The van der Waals surface area contributed by atoms with Gasteiger partial charge in [0.2, 0.25) is 0 Å². The predicted molar refractivity (Wildman–Crippen MR) is 246 cm³/mol. The van der Waals surface area contributed by atoms with Gasteiger partial charge in [0.25, 0.3) is 5.91 Å². The Bertz CT molecular complexity index is 3140. The maximum absolute atomic E-state index is 15.5. The summed E-state index contributed by atoms with van der Waals surface area (Å²) in [5.74, 6) is 0.00396. The SMILES string of the molecule is CCP(=O)(CC)Cc1ccc(-n2ccn(-c3c4c(nn3-c3cc(C)c(F)c(C)c3)CCN(C(=O)c3cc5cc(C6CCOCC6)ccc5n3[C@@]3(c5noc(=O)[nH]5)C[C@@H]3C)[C@H]4C)c2=O)cc1. The molecule has 3 aromatic carbocycles. The Morgan fingerprint density at radius 3 is 2.28 bits per heavy atom. The van der Waals surface area contributed by atoms with E-state index < -0.39 is 24.5 Å². The van der Waals surface area contributed by atoms with E-state index in [0.29, 0.717) is 102 Å². The van der Waals surface area contributed by atoms with Crippen LogP contribution >= 0.6 is 7.14 Å². The highest BCUT2D eigenvalue weighted by Gasteiger charge is 2.59. The van der Waals surface area contributed by atoms with Crippen LogP contribution in [0.1, 0.15) is 109 Å². The molecule has 3 aliphatic rings. The van der Waals surface area contributed by atoms with E-state index in [-0.39, 0.29) is 23.3 Å². The topological polar surface area (TPSA) is 155 Å². The lowest BCUT2D eigenvalue weighted by Gasteiger charge is -2.34. The second kappa shape index (κ2) is 16.1. The van der Waals surface area contributed by atoms with Gasteiger partial charge in [-0.25, -0.2) is 18.7 Å². The quantitative estimate of drug-likeness (QED) is 0.127. The Balaban J connectivity index is 1.09. The fourth-order valence-electron chi connectivity index (χ4n) is 10.5. The van der Waals surface area contributed by atoms with Crippen LogP contribution in [-0.2, 0) is 27.4 Å². The molecule has 0 spiro atoms. The standard InChI is InChI=1S/C49H54FN8O6P/c1-7-65(62,8-2)28-33-9-12-37(13-10-33)55-19-20-56(48(55)61)44-42-32(6)54(18-15-39(42)52-58(44)38-23-29(3)43(50)30(4)24-38)45(59)41-26-36-25-35(34-16-21-63-22-17-34)11-14-40(36)57(41)49(27-31(49)5)46-51-47(60)64-53-46/h9-14,19-20,23-26,31-32,34H,7-8,15-18,21-22,27-28H2,1-6H3,(H,51,53,60)/t31-,32-,49-/m0/s1. The van der Waals surface area contributed by atoms with Crippen LogP contribution in [-0.4, -0.2) is 76.5 Å². The minimum Gasteiger partial charge on any atom is -0.381 e. The molecule has 3 atom stereocenters. The van der Waals surface area contributed by atoms with Crippen LogP contribution in [0.15, 0.2) is 87.2 Å². The molecule has 1 aliphatic carbocycles. The van der Waals surface area contributed by atoms with E-state index in [0.717, 1.165) is 35.0 Å². The molecule has 7 aromatic rings. The number of imidazole rings is 1. The van der Waals surface area contributed by atoms with Crippen molar-refractivity contribution in [2.75, 3.05) is 32.1 Å². The summed E-state index contributed by atoms with van der Waals surface area (Å²) in [6, 6.07) is 18.8. The van der Waals surface area contributed by atoms with Crippen LogP contribution in [0.4, 0.5) is 4.39 Å². The van der Waals surface area contributed by atoms with Gasteiger partial charge in [0.15, 0.2) is 5.82 Å². The Kier molecular flexibility index (Phi) is 10.6. The second-order valence-corrected chi connectivity index (χ2v) is 22.0. The number of H-pyrrole nitrogens is 1. The summed E-state index contributed by atoms with van der Waals surface area (Å²) in [6.45, 7) is 13.1. The number of hydrogen-bond acceptors (Lipinski definition) is 8. The largest absolute Gasteiger partial charge is 0.438 e. The highest BCUT2D eigenvalue weighted by Crippen LogP contribution is 2.56. The maximum atomic E-state index is 15.5. The third-order valence-electron chi connectivity index (χ3n) is 14.5. The van der Waals surface area contributed by atoms with Gasteiger partial charge in [-0.05, 0) is 129 Å². The molecule has 10 rings (SSSR count). The van der Waals surface area contributed by atoms with Crippen molar-refractivity contribution in [2.45, 2.75) is 90.9 Å². The number of halogens is 1. The van der Waals surface area contributed by atoms with Gasteiger partial charge in [-0.15, -0.1) is 0 Å². The summed E-state index contributed by atoms with van der Waals surface area (Å²) in [4.78, 5) is 47.2. The van der Waals surface area contributed by atoms with Crippen molar-refractivity contribution >= 4 is 24.0 Å². The number of hydrogen-bond donors (Lipinski definition) is 1. The first-order valence-electron chi connectivity index (χ1n) is 22.7. The van der Waals surface area contributed by atoms with E-state index in [9.17, 15) is 14.2 Å². The van der Waals surface area contributed by atoms with Crippen LogP contribution in [0, 0.1) is 25.6 Å². The molecule has 338 valence electrons. The third-order valence-corrected chi connectivity index (χ3v) is 17.7. The van der Waals surface area contributed by atoms with Crippen molar-refractivity contribution in [2.24, 2.45) is 5.92 Å². The van der Waals surface area contributed by atoms with Gasteiger partial charge < -0.3 is 18.8 Å². The Hall–Kier alpha value is -6.05. The number of rotatable bonds is 11. The van der Waals surface area contributed by atoms with Gasteiger partial charge >= 0.3 is 11.4 Å². The second-order valence-electron chi connectivity index (χ2n) is 18.3. The summed E-state index contributed by atoms with van der Waals surface area (Å²) in [5.41, 5.74) is 5.81. The van der Waals surface area contributed by atoms with Crippen molar-refractivity contribution in [1.82, 2.24) is 38.5 Å². The number of benzene rings is 3. The number of amides is 1. The van der Waals surface area contributed by atoms with Crippen molar-refractivity contribution in [3.63, 3.8) is 0 Å². The van der Waals surface area contributed by atoms with E-state index in [4.69, 9.17) is 14.4 Å². The number of carbonyl (C=O) groups excluding carboxylic acids is 1. The average molecular weight is 901 g/mol. The van der Waals surface area contributed by atoms with Gasteiger partial charge in [0.1, 0.15) is 22.9 Å². The number of aromatic nitrogens is 7. The van der Waals surface area contributed by atoms with Crippen molar-refractivity contribution in [3.05, 3.63) is 145 Å². The molecule has 1 amide bonds. The molecular formula is C49H54FN8O6P. The van der Waals surface area contributed by atoms with Gasteiger partial charge in [-0.1, -0.05) is 44.1 Å². The van der Waals surface area contributed by atoms with Gasteiger partial charge in [-0.2, -0.15) is 5.10 Å². The summed E-state index contributed by atoms with van der Waals surface area (Å²) in [6.07, 6.45) is 8.04. The molecule has 1 saturated heterocycles. The molecule has 65 heavy (non-hydrogen) atoms. The number of ether oxygens (including phenoxy) is 1. The molecule has 0 unspecified atom stereocenters. The van der Waals surface area contributed by atoms with Crippen molar-refractivity contribution in [3.8, 4) is 17.2 Å². The molecule has 1 N–H and O–H groups in total. The lowest BCUT2D eigenvalue weighted by atomic mass is 9.91.